The van der Waals surface area contributed by atoms with Crippen LogP contribution in [-0.2, 0) is 0 Å². The highest BCUT2D eigenvalue weighted by molar-refractivity contribution is 5.85. The van der Waals surface area contributed by atoms with Crippen LogP contribution < -0.4 is 0 Å². The molecule has 0 aliphatic carbocycles. The zero-order valence-electron chi connectivity index (χ0n) is 6.57. The molecule has 2 heterocycles. The lowest BCUT2D eigenvalue weighted by molar-refractivity contribution is 0.111. The summed E-state index contributed by atoms with van der Waals surface area (Å²) in [4.78, 5) is 14.3. The van der Waals surface area contributed by atoms with E-state index in [2.05, 4.69) is 4.98 Å². The second kappa shape index (κ2) is 2.44. The highest BCUT2D eigenvalue weighted by Gasteiger charge is 2.02. The summed E-state index contributed by atoms with van der Waals surface area (Å²) in [6.07, 6.45) is 3.94. The first-order valence-corrected chi connectivity index (χ1v) is 3.60. The van der Waals surface area contributed by atoms with Gasteiger partial charge in [-0.2, -0.15) is 0 Å². The largest absolute Gasteiger partial charge is 0.462 e. The fourth-order valence-electron chi connectivity index (χ4n) is 1.14. The summed E-state index contributed by atoms with van der Waals surface area (Å²) in [5, 5.41) is 0.951. The highest BCUT2D eigenvalue weighted by atomic mass is 16.3. The molecule has 0 spiro atoms. The molecule has 0 aromatic carbocycles. The van der Waals surface area contributed by atoms with E-state index in [1.54, 1.807) is 18.5 Å². The predicted octanol–water partition coefficient (Wildman–Crippen LogP) is 1.95. The number of hydrogen-bond acceptors (Lipinski definition) is 3. The van der Waals surface area contributed by atoms with Crippen molar-refractivity contribution in [3.63, 3.8) is 0 Å². The van der Waals surface area contributed by atoms with Gasteiger partial charge in [-0.05, 0) is 18.6 Å². The molecule has 0 N–H and O–H groups in total. The minimum Gasteiger partial charge on any atom is -0.462 e. The molecule has 0 unspecified atom stereocenters. The molecule has 12 heavy (non-hydrogen) atoms. The molecule has 2 rings (SSSR count). The van der Waals surface area contributed by atoms with Crippen LogP contribution in [0, 0.1) is 6.92 Å². The number of aromatic nitrogens is 1. The van der Waals surface area contributed by atoms with E-state index in [0.717, 1.165) is 22.8 Å². The summed E-state index contributed by atoms with van der Waals surface area (Å²) in [6, 6.07) is 1.72. The molecular formula is C9H7NO2. The third-order valence-corrected chi connectivity index (χ3v) is 1.80. The Kier molecular flexibility index (Phi) is 1.43. The SMILES string of the molecule is Cc1coc2cnc(C=O)cc12. The van der Waals surface area contributed by atoms with Gasteiger partial charge in [0.05, 0.1) is 12.5 Å². The minimum atomic E-state index is 0.437. The normalized spacial score (nSPS) is 10.4. The number of furan rings is 1. The smallest absolute Gasteiger partial charge is 0.168 e. The van der Waals surface area contributed by atoms with Crippen molar-refractivity contribution in [3.8, 4) is 0 Å². The first-order valence-electron chi connectivity index (χ1n) is 3.60. The molecule has 0 saturated carbocycles. The average molecular weight is 161 g/mol. The quantitative estimate of drug-likeness (QED) is 0.600. The molecule has 2 aromatic rings. The van der Waals surface area contributed by atoms with Crippen molar-refractivity contribution in [3.05, 3.63) is 29.8 Å². The van der Waals surface area contributed by atoms with Gasteiger partial charge in [-0.25, -0.2) is 4.98 Å². The minimum absolute atomic E-state index is 0.437. The Balaban J connectivity index is 2.79. The van der Waals surface area contributed by atoms with Crippen LogP contribution in [0.3, 0.4) is 0 Å². The van der Waals surface area contributed by atoms with Crippen molar-refractivity contribution in [1.82, 2.24) is 4.98 Å². The van der Waals surface area contributed by atoms with E-state index >= 15 is 0 Å². The lowest BCUT2D eigenvalue weighted by Gasteiger charge is -1.89. The van der Waals surface area contributed by atoms with E-state index in [1.165, 1.54) is 0 Å². The third kappa shape index (κ3) is 0.906. The van der Waals surface area contributed by atoms with Crippen molar-refractivity contribution in [1.29, 1.82) is 0 Å². The first kappa shape index (κ1) is 7.03. The molecule has 0 radical (unpaired) electrons. The molecule has 0 fully saturated rings. The number of aryl methyl sites for hydroxylation is 1. The molecule has 2 aromatic heterocycles. The van der Waals surface area contributed by atoms with Crippen LogP contribution >= 0.6 is 0 Å². The fraction of sp³-hybridized carbons (Fsp3) is 0.111. The van der Waals surface area contributed by atoms with Crippen LogP contribution in [0.4, 0.5) is 0 Å². The van der Waals surface area contributed by atoms with E-state index < -0.39 is 0 Å². The third-order valence-electron chi connectivity index (χ3n) is 1.80. The molecule has 0 atom stereocenters. The summed E-state index contributed by atoms with van der Waals surface area (Å²) in [5.74, 6) is 0. The highest BCUT2D eigenvalue weighted by Crippen LogP contribution is 2.19. The Labute approximate surface area is 69.0 Å². The van der Waals surface area contributed by atoms with Crippen LogP contribution in [0.15, 0.2) is 22.9 Å². The Hall–Kier alpha value is -1.64. The van der Waals surface area contributed by atoms with E-state index in [0.29, 0.717) is 5.69 Å². The molecule has 3 nitrogen and oxygen atoms in total. The van der Waals surface area contributed by atoms with Gasteiger partial charge in [0.25, 0.3) is 0 Å². The lowest BCUT2D eigenvalue weighted by atomic mass is 10.2. The second-order valence-corrected chi connectivity index (χ2v) is 2.64. The molecule has 0 bridgehead atoms. The van der Waals surface area contributed by atoms with Crippen molar-refractivity contribution in [2.45, 2.75) is 6.92 Å². The molecule has 3 heteroatoms. The van der Waals surface area contributed by atoms with Crippen LogP contribution in [0.5, 0.6) is 0 Å². The summed E-state index contributed by atoms with van der Waals surface area (Å²) in [6.45, 7) is 1.93. The molecular weight excluding hydrogens is 154 g/mol. The Bertz CT molecular complexity index is 431. The zero-order valence-corrected chi connectivity index (χ0v) is 6.57. The van der Waals surface area contributed by atoms with Gasteiger partial charge in [-0.3, -0.25) is 4.79 Å². The number of rotatable bonds is 1. The van der Waals surface area contributed by atoms with Gasteiger partial charge in [-0.15, -0.1) is 0 Å². The predicted molar refractivity (Wildman–Crippen MR) is 44.1 cm³/mol. The number of carbonyl (C=O) groups excluding carboxylic acids is 1. The van der Waals surface area contributed by atoms with Gasteiger partial charge >= 0.3 is 0 Å². The number of pyridine rings is 1. The Morgan fingerprint density at radius 3 is 3.17 bits per heavy atom. The topological polar surface area (TPSA) is 43.1 Å². The average Bonchev–Trinajstić information content (AvgIpc) is 2.47. The van der Waals surface area contributed by atoms with Crippen LogP contribution in [0.25, 0.3) is 11.0 Å². The van der Waals surface area contributed by atoms with Crippen molar-refractivity contribution >= 4 is 17.3 Å². The van der Waals surface area contributed by atoms with Gasteiger partial charge in [0.15, 0.2) is 11.9 Å². The van der Waals surface area contributed by atoms with Gasteiger partial charge in [0.2, 0.25) is 0 Å². The monoisotopic (exact) mass is 161 g/mol. The maximum Gasteiger partial charge on any atom is 0.168 e. The number of aldehydes is 1. The van der Waals surface area contributed by atoms with Crippen molar-refractivity contribution in [2.24, 2.45) is 0 Å². The van der Waals surface area contributed by atoms with E-state index in [-0.39, 0.29) is 0 Å². The lowest BCUT2D eigenvalue weighted by Crippen LogP contribution is -1.84. The van der Waals surface area contributed by atoms with Gasteiger partial charge in [0.1, 0.15) is 5.69 Å². The summed E-state index contributed by atoms with van der Waals surface area (Å²) >= 11 is 0. The fourth-order valence-corrected chi connectivity index (χ4v) is 1.14. The Morgan fingerprint density at radius 1 is 1.58 bits per heavy atom. The van der Waals surface area contributed by atoms with E-state index in [4.69, 9.17) is 4.42 Å². The summed E-state index contributed by atoms with van der Waals surface area (Å²) < 4.78 is 5.17. The molecule has 0 saturated heterocycles. The van der Waals surface area contributed by atoms with Gasteiger partial charge in [0, 0.05) is 5.39 Å². The zero-order chi connectivity index (χ0) is 8.55. The van der Waals surface area contributed by atoms with Crippen LogP contribution in [0.1, 0.15) is 16.1 Å². The summed E-state index contributed by atoms with van der Waals surface area (Å²) in [7, 11) is 0. The van der Waals surface area contributed by atoms with Crippen LogP contribution in [0.2, 0.25) is 0 Å². The number of nitrogens with zero attached hydrogens (tertiary/aromatic N) is 1. The Morgan fingerprint density at radius 2 is 2.42 bits per heavy atom. The number of carbonyl (C=O) groups is 1. The molecule has 0 aliphatic heterocycles. The standard InChI is InChI=1S/C9H7NO2/c1-6-5-12-9-3-10-7(4-11)2-8(6)9/h2-5H,1H3. The van der Waals surface area contributed by atoms with Crippen LogP contribution in [-0.4, -0.2) is 11.3 Å². The first-order chi connectivity index (χ1) is 5.81. The molecule has 60 valence electrons. The number of hydrogen-bond donors (Lipinski definition) is 0. The van der Waals surface area contributed by atoms with Crippen molar-refractivity contribution in [2.75, 3.05) is 0 Å². The van der Waals surface area contributed by atoms with E-state index in [9.17, 15) is 4.79 Å². The maximum atomic E-state index is 10.4. The molecule has 0 aliphatic rings. The van der Waals surface area contributed by atoms with Gasteiger partial charge in [-0.1, -0.05) is 0 Å². The van der Waals surface area contributed by atoms with Gasteiger partial charge < -0.3 is 4.42 Å². The van der Waals surface area contributed by atoms with E-state index in [1.807, 2.05) is 6.92 Å². The van der Waals surface area contributed by atoms with Crippen molar-refractivity contribution < 1.29 is 9.21 Å². The maximum absolute atomic E-state index is 10.4. The second-order valence-electron chi connectivity index (χ2n) is 2.64. The molecule has 0 amide bonds. The number of fused-ring (bicyclic) bond motifs is 1. The summed E-state index contributed by atoms with van der Waals surface area (Å²) in [5.41, 5.74) is 2.18.